The van der Waals surface area contributed by atoms with E-state index in [1.807, 2.05) is 30.5 Å². The van der Waals surface area contributed by atoms with Gasteiger partial charge in [0.25, 0.3) is 5.91 Å². The van der Waals surface area contributed by atoms with Gasteiger partial charge in [0.15, 0.2) is 0 Å². The van der Waals surface area contributed by atoms with Crippen molar-refractivity contribution in [3.05, 3.63) is 40.9 Å². The average Bonchev–Trinajstić information content (AvgIpc) is 3.14. The molecule has 0 saturated carbocycles. The number of pyridine rings is 1. The number of nitrogens with one attached hydrogen (secondary N) is 2. The lowest BCUT2D eigenvalue weighted by Crippen LogP contribution is -2.49. The second-order valence-corrected chi connectivity index (χ2v) is 6.57. The number of thiophene rings is 1. The summed E-state index contributed by atoms with van der Waals surface area (Å²) >= 11 is 1.61. The smallest absolute Gasteiger partial charge is 0.253 e. The van der Waals surface area contributed by atoms with Crippen molar-refractivity contribution in [3.63, 3.8) is 0 Å². The highest BCUT2D eigenvalue weighted by molar-refractivity contribution is 7.13. The molecule has 1 saturated heterocycles. The number of amides is 2. The van der Waals surface area contributed by atoms with Crippen LogP contribution in [0.4, 0.5) is 0 Å². The molecule has 1 fully saturated rings. The third kappa shape index (κ3) is 3.80. The van der Waals surface area contributed by atoms with Gasteiger partial charge in [0.1, 0.15) is 0 Å². The van der Waals surface area contributed by atoms with Crippen molar-refractivity contribution in [3.8, 4) is 10.6 Å². The molecule has 2 N–H and O–H groups in total. The van der Waals surface area contributed by atoms with Gasteiger partial charge in [-0.3, -0.25) is 14.6 Å². The van der Waals surface area contributed by atoms with Crippen LogP contribution in [0.25, 0.3) is 10.6 Å². The van der Waals surface area contributed by atoms with Gasteiger partial charge >= 0.3 is 0 Å². The maximum Gasteiger partial charge on any atom is 0.253 e. The Labute approximate surface area is 144 Å². The molecule has 7 heteroatoms. The van der Waals surface area contributed by atoms with Crippen molar-refractivity contribution in [2.75, 3.05) is 32.7 Å². The zero-order valence-electron chi connectivity index (χ0n) is 13.5. The summed E-state index contributed by atoms with van der Waals surface area (Å²) in [4.78, 5) is 31.8. The summed E-state index contributed by atoms with van der Waals surface area (Å²) in [6.45, 7) is 4.80. The van der Waals surface area contributed by atoms with Crippen LogP contribution < -0.4 is 10.6 Å². The molecule has 0 spiro atoms. The highest BCUT2D eigenvalue weighted by atomic mass is 32.1. The minimum Gasteiger partial charge on any atom is -0.343 e. The van der Waals surface area contributed by atoms with Gasteiger partial charge in [0.05, 0.1) is 28.4 Å². The third-order valence-electron chi connectivity index (χ3n) is 3.97. The summed E-state index contributed by atoms with van der Waals surface area (Å²) in [6, 6.07) is 7.57. The first kappa shape index (κ1) is 16.6. The van der Waals surface area contributed by atoms with Gasteiger partial charge in [-0.1, -0.05) is 6.07 Å². The Bertz CT molecular complexity index is 724. The number of piperazine rings is 1. The third-order valence-corrected chi connectivity index (χ3v) is 4.87. The van der Waals surface area contributed by atoms with E-state index < -0.39 is 0 Å². The molecular formula is C17H20N4O2S. The number of carbonyl (C=O) groups excluding carboxylic acids is 2. The minimum absolute atomic E-state index is 0.0188. The van der Waals surface area contributed by atoms with E-state index >= 15 is 0 Å². The van der Waals surface area contributed by atoms with Gasteiger partial charge in [-0.25, -0.2) is 0 Å². The molecule has 0 radical (unpaired) electrons. The summed E-state index contributed by atoms with van der Waals surface area (Å²) in [5, 5.41) is 7.89. The van der Waals surface area contributed by atoms with Crippen molar-refractivity contribution < 1.29 is 9.59 Å². The molecule has 0 unspecified atom stereocenters. The van der Waals surface area contributed by atoms with Gasteiger partial charge < -0.3 is 15.5 Å². The molecule has 1 aliphatic rings. The van der Waals surface area contributed by atoms with Gasteiger partial charge in [0, 0.05) is 26.2 Å². The lowest BCUT2D eigenvalue weighted by molar-refractivity contribution is -0.130. The first-order valence-corrected chi connectivity index (χ1v) is 8.81. The lowest BCUT2D eigenvalue weighted by Gasteiger charge is -2.27. The Kier molecular flexibility index (Phi) is 5.22. The van der Waals surface area contributed by atoms with E-state index in [1.54, 1.807) is 22.3 Å². The maximum absolute atomic E-state index is 12.3. The van der Waals surface area contributed by atoms with Crippen LogP contribution >= 0.6 is 11.3 Å². The number of nitrogens with zero attached hydrogens (tertiary/aromatic N) is 2. The second kappa shape index (κ2) is 7.55. The molecule has 6 nitrogen and oxygen atoms in total. The Hall–Kier alpha value is -2.25. The van der Waals surface area contributed by atoms with Crippen molar-refractivity contribution in [1.82, 2.24) is 20.5 Å². The van der Waals surface area contributed by atoms with E-state index in [1.165, 1.54) is 0 Å². The number of hydrogen-bond donors (Lipinski definition) is 2. The van der Waals surface area contributed by atoms with Crippen LogP contribution in [-0.4, -0.2) is 54.4 Å². The molecule has 0 atom stereocenters. The van der Waals surface area contributed by atoms with E-state index in [0.29, 0.717) is 24.3 Å². The fraction of sp³-hybridized carbons (Fsp3) is 0.353. The fourth-order valence-corrected chi connectivity index (χ4v) is 3.34. The molecule has 24 heavy (non-hydrogen) atoms. The molecule has 0 aromatic carbocycles. The number of hydrogen-bond acceptors (Lipinski definition) is 5. The quantitative estimate of drug-likeness (QED) is 0.876. The molecule has 2 amide bonds. The minimum atomic E-state index is -0.263. The topological polar surface area (TPSA) is 74.3 Å². The second-order valence-electron chi connectivity index (χ2n) is 5.62. The zero-order valence-corrected chi connectivity index (χ0v) is 14.4. The summed E-state index contributed by atoms with van der Waals surface area (Å²) in [5.41, 5.74) is 2.02. The summed E-state index contributed by atoms with van der Waals surface area (Å²) < 4.78 is 0. The summed E-state index contributed by atoms with van der Waals surface area (Å²) in [5.74, 6) is -0.313. The molecule has 0 bridgehead atoms. The number of aromatic nitrogens is 1. The van der Waals surface area contributed by atoms with E-state index in [9.17, 15) is 9.59 Å². The standard InChI is InChI=1S/C17H20N4O2S/c1-12-13(4-5-14(20-12)15-3-2-10-24-15)17(23)19-11-16(22)21-8-6-18-7-9-21/h2-5,10,18H,6-9,11H2,1H3,(H,19,23). The molecule has 1 aliphatic heterocycles. The van der Waals surface area contributed by atoms with Gasteiger partial charge in [-0.05, 0) is 30.5 Å². The first-order valence-electron chi connectivity index (χ1n) is 7.93. The summed E-state index contributed by atoms with van der Waals surface area (Å²) in [7, 11) is 0. The monoisotopic (exact) mass is 344 g/mol. The molecule has 3 heterocycles. The van der Waals surface area contributed by atoms with Gasteiger partial charge in [0.2, 0.25) is 5.91 Å². The van der Waals surface area contributed by atoms with Crippen molar-refractivity contribution in [2.45, 2.75) is 6.92 Å². The van der Waals surface area contributed by atoms with Crippen LogP contribution in [-0.2, 0) is 4.79 Å². The van der Waals surface area contributed by atoms with E-state index in [0.717, 1.165) is 23.7 Å². The van der Waals surface area contributed by atoms with Crippen molar-refractivity contribution >= 4 is 23.2 Å². The zero-order chi connectivity index (χ0) is 16.9. The maximum atomic E-state index is 12.3. The van der Waals surface area contributed by atoms with Crippen LogP contribution in [0.15, 0.2) is 29.6 Å². The van der Waals surface area contributed by atoms with E-state index in [4.69, 9.17) is 0 Å². The molecule has 3 rings (SSSR count). The Balaban J connectivity index is 1.61. The van der Waals surface area contributed by atoms with Gasteiger partial charge in [-0.15, -0.1) is 11.3 Å². The highest BCUT2D eigenvalue weighted by Gasteiger charge is 2.18. The van der Waals surface area contributed by atoms with Crippen LogP contribution in [0, 0.1) is 6.92 Å². The van der Waals surface area contributed by atoms with Crippen molar-refractivity contribution in [1.29, 1.82) is 0 Å². The average molecular weight is 344 g/mol. The number of rotatable bonds is 4. The Morgan fingerprint density at radius 3 is 2.75 bits per heavy atom. The molecule has 126 valence electrons. The normalized spacial score (nSPS) is 14.5. The van der Waals surface area contributed by atoms with Crippen molar-refractivity contribution in [2.24, 2.45) is 0 Å². The molecule has 2 aromatic rings. The largest absolute Gasteiger partial charge is 0.343 e. The number of aryl methyl sites for hydroxylation is 1. The fourth-order valence-electron chi connectivity index (χ4n) is 2.64. The Morgan fingerprint density at radius 1 is 1.29 bits per heavy atom. The molecule has 2 aromatic heterocycles. The van der Waals surface area contributed by atoms with Crippen LogP contribution in [0.3, 0.4) is 0 Å². The number of carbonyl (C=O) groups is 2. The SMILES string of the molecule is Cc1nc(-c2cccs2)ccc1C(=O)NCC(=O)N1CCNCC1. The first-order chi connectivity index (χ1) is 11.6. The molecular weight excluding hydrogens is 324 g/mol. The van der Waals surface area contributed by atoms with E-state index in [2.05, 4.69) is 15.6 Å². The van der Waals surface area contributed by atoms with Crippen LogP contribution in [0.5, 0.6) is 0 Å². The predicted octanol–water partition coefficient (Wildman–Crippen LogP) is 1.28. The lowest BCUT2D eigenvalue weighted by atomic mass is 10.1. The predicted molar refractivity (Wildman–Crippen MR) is 94.1 cm³/mol. The van der Waals surface area contributed by atoms with Crippen LogP contribution in [0.1, 0.15) is 16.1 Å². The highest BCUT2D eigenvalue weighted by Crippen LogP contribution is 2.23. The van der Waals surface area contributed by atoms with Gasteiger partial charge in [-0.2, -0.15) is 0 Å². The summed E-state index contributed by atoms with van der Waals surface area (Å²) in [6.07, 6.45) is 0. The van der Waals surface area contributed by atoms with Crippen LogP contribution in [0.2, 0.25) is 0 Å². The Morgan fingerprint density at radius 2 is 2.08 bits per heavy atom. The molecule has 0 aliphatic carbocycles. The van der Waals surface area contributed by atoms with E-state index in [-0.39, 0.29) is 18.4 Å².